The summed E-state index contributed by atoms with van der Waals surface area (Å²) < 4.78 is 0. The number of carbonyl (C=O) groups is 2. The highest BCUT2D eigenvalue weighted by Crippen LogP contribution is 2.36. The minimum absolute atomic E-state index is 0.00475. The zero-order valence-corrected chi connectivity index (χ0v) is 15.1. The molecule has 1 aromatic heterocycles. The minimum atomic E-state index is 0.00475. The van der Waals surface area contributed by atoms with Crippen molar-refractivity contribution in [3.63, 3.8) is 0 Å². The molecule has 0 N–H and O–H groups in total. The van der Waals surface area contributed by atoms with Gasteiger partial charge in [-0.15, -0.1) is 0 Å². The predicted molar refractivity (Wildman–Crippen MR) is 94.9 cm³/mol. The molecule has 3 fully saturated rings. The van der Waals surface area contributed by atoms with Crippen LogP contribution in [0.25, 0.3) is 0 Å². The van der Waals surface area contributed by atoms with Crippen LogP contribution in [0.1, 0.15) is 50.5 Å². The van der Waals surface area contributed by atoms with Crippen molar-refractivity contribution in [2.24, 2.45) is 11.8 Å². The van der Waals surface area contributed by atoms with E-state index >= 15 is 0 Å². The van der Waals surface area contributed by atoms with Crippen molar-refractivity contribution >= 4 is 23.2 Å². The van der Waals surface area contributed by atoms with Gasteiger partial charge in [0.25, 0.3) is 0 Å². The molecule has 3 atom stereocenters. The molecule has 24 heavy (non-hydrogen) atoms. The molecule has 130 valence electrons. The van der Waals surface area contributed by atoms with E-state index in [4.69, 9.17) is 0 Å². The lowest BCUT2D eigenvalue weighted by Crippen LogP contribution is -2.48. The average Bonchev–Trinajstić information content (AvgIpc) is 3.16. The summed E-state index contributed by atoms with van der Waals surface area (Å²) in [6.07, 6.45) is 5.03. The van der Waals surface area contributed by atoms with Gasteiger partial charge in [-0.1, -0.05) is 0 Å². The molecule has 5 heteroatoms. The first-order chi connectivity index (χ1) is 11.6. The van der Waals surface area contributed by atoms with E-state index in [1.807, 2.05) is 4.90 Å². The maximum atomic E-state index is 13.1. The monoisotopic (exact) mass is 346 g/mol. The molecule has 1 aromatic rings. The second-order valence-corrected chi connectivity index (χ2v) is 8.51. The Morgan fingerprint density at radius 3 is 2.67 bits per heavy atom. The smallest absolute Gasteiger partial charge is 0.227 e. The van der Waals surface area contributed by atoms with Gasteiger partial charge in [0.2, 0.25) is 11.8 Å². The van der Waals surface area contributed by atoms with Gasteiger partial charge in [-0.3, -0.25) is 9.59 Å². The van der Waals surface area contributed by atoms with Gasteiger partial charge in [0.05, 0.1) is 5.92 Å². The third-order valence-corrected chi connectivity index (χ3v) is 6.58. The number of hydrogen-bond donors (Lipinski definition) is 0. The van der Waals surface area contributed by atoms with Gasteiger partial charge in [-0.25, -0.2) is 0 Å². The van der Waals surface area contributed by atoms with E-state index in [0.29, 0.717) is 18.5 Å². The predicted octanol–water partition coefficient (Wildman–Crippen LogP) is 3.10. The summed E-state index contributed by atoms with van der Waals surface area (Å²) >= 11 is 1.73. The van der Waals surface area contributed by atoms with Crippen LogP contribution in [0, 0.1) is 11.8 Å². The van der Waals surface area contributed by atoms with E-state index in [2.05, 4.69) is 28.7 Å². The molecular formula is C19H26N2O2S. The van der Waals surface area contributed by atoms with E-state index in [0.717, 1.165) is 45.2 Å². The Labute approximate surface area is 147 Å². The summed E-state index contributed by atoms with van der Waals surface area (Å²) in [4.78, 5) is 29.4. The lowest BCUT2D eigenvalue weighted by Gasteiger charge is -2.35. The van der Waals surface area contributed by atoms with Crippen LogP contribution < -0.4 is 0 Å². The summed E-state index contributed by atoms with van der Waals surface area (Å²) in [6, 6.07) is 2.49. The van der Waals surface area contributed by atoms with Crippen molar-refractivity contribution in [3.05, 3.63) is 22.4 Å². The second-order valence-electron chi connectivity index (χ2n) is 7.73. The van der Waals surface area contributed by atoms with Crippen molar-refractivity contribution in [1.29, 1.82) is 0 Å². The van der Waals surface area contributed by atoms with Gasteiger partial charge in [0, 0.05) is 37.5 Å². The third-order valence-electron chi connectivity index (χ3n) is 5.88. The molecule has 0 radical (unpaired) electrons. The van der Waals surface area contributed by atoms with Gasteiger partial charge >= 0.3 is 0 Å². The maximum absolute atomic E-state index is 13.1. The van der Waals surface area contributed by atoms with E-state index < -0.39 is 0 Å². The van der Waals surface area contributed by atoms with Gasteiger partial charge in [-0.05, 0) is 61.4 Å². The minimum Gasteiger partial charge on any atom is -0.342 e. The number of rotatable bonds is 3. The fraction of sp³-hybridized carbons (Fsp3) is 0.684. The summed E-state index contributed by atoms with van der Waals surface area (Å²) in [7, 11) is 0. The molecule has 4 rings (SSSR count). The quantitative estimate of drug-likeness (QED) is 0.844. The highest BCUT2D eigenvalue weighted by atomic mass is 32.1. The normalized spacial score (nSPS) is 30.6. The Bertz CT molecular complexity index is 611. The Hall–Kier alpha value is -1.36. The lowest BCUT2D eigenvalue weighted by atomic mass is 9.96. The van der Waals surface area contributed by atoms with Crippen molar-refractivity contribution in [2.45, 2.75) is 51.0 Å². The number of amides is 2. The summed E-state index contributed by atoms with van der Waals surface area (Å²) in [5.41, 5.74) is 1.37. The van der Waals surface area contributed by atoms with Crippen LogP contribution in [-0.2, 0) is 9.59 Å². The molecule has 0 bridgehead atoms. The topological polar surface area (TPSA) is 40.6 Å². The molecule has 2 amide bonds. The maximum Gasteiger partial charge on any atom is 0.227 e. The molecule has 1 saturated carbocycles. The van der Waals surface area contributed by atoms with Crippen LogP contribution in [0.15, 0.2) is 16.8 Å². The third kappa shape index (κ3) is 3.10. The van der Waals surface area contributed by atoms with Gasteiger partial charge in [-0.2, -0.15) is 11.3 Å². The number of carbonyl (C=O) groups excluding carboxylic acids is 2. The van der Waals surface area contributed by atoms with Gasteiger partial charge in [0.15, 0.2) is 0 Å². The van der Waals surface area contributed by atoms with E-state index in [1.165, 1.54) is 5.56 Å². The fourth-order valence-corrected chi connectivity index (χ4v) is 5.03. The first kappa shape index (κ1) is 16.1. The van der Waals surface area contributed by atoms with Crippen molar-refractivity contribution in [2.75, 3.05) is 19.6 Å². The van der Waals surface area contributed by atoms with Crippen LogP contribution >= 0.6 is 11.3 Å². The molecule has 2 aliphatic heterocycles. The SMILES string of the molecule is C[C@@H]1C[C@@H](c2ccsc2)CN1C(=O)[C@@H]1CCCN(C(=O)C2CC2)C1. The molecule has 4 nitrogen and oxygen atoms in total. The van der Waals surface area contributed by atoms with Gasteiger partial charge < -0.3 is 9.80 Å². The molecule has 3 aliphatic rings. The van der Waals surface area contributed by atoms with E-state index in [-0.39, 0.29) is 23.7 Å². The number of thiophene rings is 1. The van der Waals surface area contributed by atoms with Gasteiger partial charge in [0.1, 0.15) is 0 Å². The summed E-state index contributed by atoms with van der Waals surface area (Å²) in [6.45, 7) is 4.48. The molecular weight excluding hydrogens is 320 g/mol. The Morgan fingerprint density at radius 1 is 1.12 bits per heavy atom. The fourth-order valence-electron chi connectivity index (χ4n) is 4.29. The number of likely N-dealkylation sites (tertiary alicyclic amines) is 2. The number of piperidine rings is 1. The zero-order chi connectivity index (χ0) is 16.7. The van der Waals surface area contributed by atoms with Crippen molar-refractivity contribution in [1.82, 2.24) is 9.80 Å². The number of hydrogen-bond acceptors (Lipinski definition) is 3. The first-order valence-corrected chi connectivity index (χ1v) is 10.2. The lowest BCUT2D eigenvalue weighted by molar-refractivity contribution is -0.141. The van der Waals surface area contributed by atoms with Crippen LogP contribution in [0.3, 0.4) is 0 Å². The van der Waals surface area contributed by atoms with Crippen LogP contribution in [-0.4, -0.2) is 47.3 Å². The Kier molecular flexibility index (Phi) is 4.37. The number of nitrogens with zero attached hydrogens (tertiary/aromatic N) is 2. The summed E-state index contributed by atoms with van der Waals surface area (Å²) in [5, 5.41) is 4.33. The van der Waals surface area contributed by atoms with Crippen molar-refractivity contribution in [3.8, 4) is 0 Å². The highest BCUT2D eigenvalue weighted by molar-refractivity contribution is 7.08. The summed E-state index contributed by atoms with van der Waals surface area (Å²) in [5.74, 6) is 1.30. The molecule has 2 saturated heterocycles. The van der Waals surface area contributed by atoms with E-state index in [9.17, 15) is 9.59 Å². The highest BCUT2D eigenvalue weighted by Gasteiger charge is 2.40. The largest absolute Gasteiger partial charge is 0.342 e. The van der Waals surface area contributed by atoms with E-state index in [1.54, 1.807) is 11.3 Å². The molecule has 0 unspecified atom stereocenters. The first-order valence-electron chi connectivity index (χ1n) is 9.25. The van der Waals surface area contributed by atoms with Crippen molar-refractivity contribution < 1.29 is 9.59 Å². The van der Waals surface area contributed by atoms with Crippen LogP contribution in [0.5, 0.6) is 0 Å². The molecule has 3 heterocycles. The van der Waals surface area contributed by atoms with Crippen LogP contribution in [0.2, 0.25) is 0 Å². The molecule has 0 aromatic carbocycles. The standard InChI is InChI=1S/C19H26N2O2S/c1-13-9-17(16-6-8-24-12-16)11-21(13)19(23)15-3-2-7-20(10-15)18(22)14-4-5-14/h6,8,12-15,17H,2-5,7,9-11H2,1H3/t13-,15-,17-/m1/s1. The molecule has 0 spiro atoms. The Balaban J connectivity index is 1.40. The van der Waals surface area contributed by atoms with Crippen LogP contribution in [0.4, 0.5) is 0 Å². The zero-order valence-electron chi connectivity index (χ0n) is 14.3. The Morgan fingerprint density at radius 2 is 1.96 bits per heavy atom. The second kappa shape index (κ2) is 6.51. The molecule has 1 aliphatic carbocycles. The average molecular weight is 346 g/mol.